The van der Waals surface area contributed by atoms with E-state index in [2.05, 4.69) is 20.8 Å². The van der Waals surface area contributed by atoms with Crippen molar-refractivity contribution in [2.24, 2.45) is 0 Å². The molecule has 0 amide bonds. The molecule has 0 aromatic rings. The van der Waals surface area contributed by atoms with E-state index in [9.17, 15) is 8.42 Å². The van der Waals surface area contributed by atoms with Crippen molar-refractivity contribution in [2.45, 2.75) is 89.9 Å². The van der Waals surface area contributed by atoms with Crippen LogP contribution < -0.4 is 0 Å². The Balaban J connectivity index is 4.54. The number of hydrogen-bond donors (Lipinski definition) is 1. The molecule has 21 heavy (non-hydrogen) atoms. The molecule has 0 aliphatic heterocycles. The summed E-state index contributed by atoms with van der Waals surface area (Å²) in [6.45, 7) is 6.82. The average molecular weight is 427 g/mol. The van der Waals surface area contributed by atoms with Crippen LogP contribution in [0.25, 0.3) is 0 Å². The summed E-state index contributed by atoms with van der Waals surface area (Å²) in [5.74, 6) is -0.0513. The van der Waals surface area contributed by atoms with Gasteiger partial charge in [-0.2, -0.15) is 0 Å². The molecule has 0 atom stereocenters. The Bertz CT molecular complexity index is 320. The normalized spacial score (nSPS) is 12.8. The van der Waals surface area contributed by atoms with Crippen LogP contribution in [0.2, 0.25) is 17.7 Å². The number of unbranched alkanes of at least 4 members (excludes halogenated alkanes) is 4. The van der Waals surface area contributed by atoms with Crippen LogP contribution in [0.4, 0.5) is 0 Å². The van der Waals surface area contributed by atoms with Crippen LogP contribution in [-0.4, -0.2) is 37.1 Å². The molecule has 0 saturated carbocycles. The van der Waals surface area contributed by atoms with E-state index in [1.165, 1.54) is 56.3 Å². The van der Waals surface area contributed by atoms with Gasteiger partial charge in [0.1, 0.15) is 0 Å². The third kappa shape index (κ3) is 11.9. The summed E-state index contributed by atoms with van der Waals surface area (Å²) < 4.78 is 36.3. The summed E-state index contributed by atoms with van der Waals surface area (Å²) in [7, 11) is -3.77. The van der Waals surface area contributed by atoms with Crippen molar-refractivity contribution in [1.29, 1.82) is 0 Å². The fraction of sp³-hybridized carbons (Fsp3) is 1.00. The van der Waals surface area contributed by atoms with E-state index in [1.54, 1.807) is 0 Å². The molecule has 0 heterocycles. The van der Waals surface area contributed by atoms with E-state index in [0.29, 0.717) is 6.42 Å². The molecular formula is C16H36O3SSn. The van der Waals surface area contributed by atoms with Gasteiger partial charge in [0.05, 0.1) is 0 Å². The molecule has 0 rings (SSSR count). The van der Waals surface area contributed by atoms with Gasteiger partial charge < -0.3 is 0 Å². The van der Waals surface area contributed by atoms with Crippen molar-refractivity contribution < 1.29 is 13.0 Å². The Morgan fingerprint density at radius 2 is 1.10 bits per heavy atom. The minimum atomic E-state index is -3.77. The molecule has 0 radical (unpaired) electrons. The molecule has 128 valence electrons. The van der Waals surface area contributed by atoms with Gasteiger partial charge in [-0.3, -0.25) is 0 Å². The van der Waals surface area contributed by atoms with Crippen LogP contribution in [0, 0.1) is 0 Å². The van der Waals surface area contributed by atoms with Gasteiger partial charge >= 0.3 is 137 Å². The van der Waals surface area contributed by atoms with Crippen molar-refractivity contribution >= 4 is 28.5 Å². The molecule has 0 aliphatic carbocycles. The molecule has 0 aliphatic rings. The van der Waals surface area contributed by atoms with E-state index in [0.717, 1.165) is 6.42 Å². The summed E-state index contributed by atoms with van der Waals surface area (Å²) in [5.41, 5.74) is 0. The van der Waals surface area contributed by atoms with E-state index < -0.39 is 28.5 Å². The van der Waals surface area contributed by atoms with E-state index in [-0.39, 0.29) is 5.75 Å². The van der Waals surface area contributed by atoms with Gasteiger partial charge in [0.15, 0.2) is 0 Å². The first-order chi connectivity index (χ1) is 9.89. The molecule has 5 heteroatoms. The molecule has 0 saturated heterocycles. The van der Waals surface area contributed by atoms with Crippen molar-refractivity contribution in [2.75, 3.05) is 5.75 Å². The first-order valence-electron chi connectivity index (χ1n) is 8.84. The zero-order chi connectivity index (χ0) is 16.2. The summed E-state index contributed by atoms with van der Waals surface area (Å²) in [5, 5.41) is 0. The maximum atomic E-state index is 10.8. The molecule has 1 N–H and O–H groups in total. The molecule has 0 spiro atoms. The van der Waals surface area contributed by atoms with Crippen LogP contribution in [0.15, 0.2) is 0 Å². The number of hydrogen-bond acceptors (Lipinski definition) is 2. The van der Waals surface area contributed by atoms with E-state index in [4.69, 9.17) is 4.55 Å². The molecule has 0 bridgehead atoms. The van der Waals surface area contributed by atoms with Gasteiger partial charge in [-0.25, -0.2) is 0 Å². The monoisotopic (exact) mass is 428 g/mol. The minimum absolute atomic E-state index is 0.0513. The topological polar surface area (TPSA) is 54.4 Å². The molecule has 0 aromatic carbocycles. The predicted octanol–water partition coefficient (Wildman–Crippen LogP) is 5.50. The Morgan fingerprint density at radius 1 is 0.714 bits per heavy atom. The first-order valence-corrected chi connectivity index (χ1v) is 18.5. The van der Waals surface area contributed by atoms with Crippen molar-refractivity contribution in [3.8, 4) is 0 Å². The van der Waals surface area contributed by atoms with Gasteiger partial charge in [-0.1, -0.05) is 0 Å². The first kappa shape index (κ1) is 21.7. The molecule has 3 nitrogen and oxygen atoms in total. The molecule has 0 fully saturated rings. The van der Waals surface area contributed by atoms with Crippen molar-refractivity contribution in [3.63, 3.8) is 0 Å². The van der Waals surface area contributed by atoms with E-state index >= 15 is 0 Å². The summed E-state index contributed by atoms with van der Waals surface area (Å²) in [6.07, 6.45) is 9.58. The van der Waals surface area contributed by atoms with Gasteiger partial charge in [-0.05, 0) is 0 Å². The van der Waals surface area contributed by atoms with Crippen molar-refractivity contribution in [1.82, 2.24) is 0 Å². The third-order valence-corrected chi connectivity index (χ3v) is 21.5. The van der Waals surface area contributed by atoms with Gasteiger partial charge in [0.25, 0.3) is 0 Å². The predicted molar refractivity (Wildman–Crippen MR) is 95.4 cm³/mol. The second kappa shape index (κ2) is 12.2. The second-order valence-corrected chi connectivity index (χ2v) is 22.4. The van der Waals surface area contributed by atoms with Crippen LogP contribution in [0.1, 0.15) is 72.1 Å². The van der Waals surface area contributed by atoms with Crippen LogP contribution in [0.3, 0.4) is 0 Å². The van der Waals surface area contributed by atoms with Gasteiger partial charge in [0.2, 0.25) is 0 Å². The van der Waals surface area contributed by atoms with Crippen LogP contribution >= 0.6 is 0 Å². The maximum absolute atomic E-state index is 10.8. The zero-order valence-electron chi connectivity index (χ0n) is 14.4. The Labute approximate surface area is 136 Å². The van der Waals surface area contributed by atoms with Gasteiger partial charge in [-0.15, -0.1) is 0 Å². The van der Waals surface area contributed by atoms with Crippen molar-refractivity contribution in [3.05, 3.63) is 0 Å². The third-order valence-electron chi connectivity index (χ3n) is 4.54. The summed E-state index contributed by atoms with van der Waals surface area (Å²) >= 11 is -2.07. The fourth-order valence-corrected chi connectivity index (χ4v) is 20.3. The average Bonchev–Trinajstić information content (AvgIpc) is 2.43. The summed E-state index contributed by atoms with van der Waals surface area (Å²) in [6, 6.07) is 0. The number of rotatable bonds is 14. The fourth-order valence-electron chi connectivity index (χ4n) is 3.19. The molecule has 0 aromatic heterocycles. The Hall–Kier alpha value is 0.709. The molecular weight excluding hydrogens is 391 g/mol. The molecule has 0 unspecified atom stereocenters. The van der Waals surface area contributed by atoms with Crippen LogP contribution in [0.5, 0.6) is 0 Å². The Kier molecular flexibility index (Phi) is 12.6. The second-order valence-electron chi connectivity index (χ2n) is 6.55. The summed E-state index contributed by atoms with van der Waals surface area (Å²) in [4.78, 5) is 0. The SMILES string of the molecule is CCC[CH2][Sn]([CH2]CCC)([CH2]CCC)[CH2]CCCS(=O)(=O)O. The van der Waals surface area contributed by atoms with Crippen LogP contribution in [-0.2, 0) is 10.1 Å². The van der Waals surface area contributed by atoms with E-state index in [1.807, 2.05) is 0 Å². The Morgan fingerprint density at radius 3 is 1.43 bits per heavy atom. The standard InChI is InChI=1S/C4H9O3S.3C4H9.Sn/c1-2-3-4-8(5,6)7;3*1-3-4-2;/h1-4H2,(H,5,6,7);3*1,3-4H2,2H3;. The quantitative estimate of drug-likeness (QED) is 0.226. The zero-order valence-corrected chi connectivity index (χ0v) is 18.0. The van der Waals surface area contributed by atoms with Gasteiger partial charge in [0, 0.05) is 0 Å².